The molecule has 16 heavy (non-hydrogen) atoms. The largest absolute Gasteiger partial charge is 0.313 e. The first-order chi connectivity index (χ1) is 7.81. The maximum atomic E-state index is 3.28. The normalized spacial score (nSPS) is 19.6. The van der Waals surface area contributed by atoms with Gasteiger partial charge in [-0.15, -0.1) is 0 Å². The number of nitrogens with one attached hydrogen (secondary N) is 1. The van der Waals surface area contributed by atoms with Crippen LogP contribution in [-0.4, -0.2) is 7.05 Å². The molecule has 0 amide bonds. The van der Waals surface area contributed by atoms with Crippen LogP contribution < -0.4 is 5.32 Å². The summed E-state index contributed by atoms with van der Waals surface area (Å²) in [5.41, 5.74) is 2.94. The van der Waals surface area contributed by atoms with Gasteiger partial charge < -0.3 is 5.32 Å². The lowest BCUT2D eigenvalue weighted by Crippen LogP contribution is -2.12. The molecule has 1 saturated carbocycles. The minimum atomic E-state index is 0.459. The molecule has 1 fully saturated rings. The summed E-state index contributed by atoms with van der Waals surface area (Å²) in [6, 6.07) is 9.69. The van der Waals surface area contributed by atoms with E-state index in [-0.39, 0.29) is 0 Å². The first-order valence-corrected chi connectivity index (χ1v) is 6.58. The van der Waals surface area contributed by atoms with Crippen molar-refractivity contribution in [3.8, 4) is 0 Å². The van der Waals surface area contributed by atoms with E-state index in [1.54, 1.807) is 5.56 Å². The Morgan fingerprint density at radius 3 is 2.25 bits per heavy atom. The minimum Gasteiger partial charge on any atom is -0.313 e. The van der Waals surface area contributed by atoms with E-state index < -0.39 is 0 Å². The molecule has 1 aliphatic carbocycles. The van der Waals surface area contributed by atoms with Crippen molar-refractivity contribution in [2.75, 3.05) is 7.05 Å². The molecule has 88 valence electrons. The summed E-state index contributed by atoms with van der Waals surface area (Å²) in [7, 11) is 2.01. The lowest BCUT2D eigenvalue weighted by Gasteiger charge is -2.22. The fraction of sp³-hybridized carbons (Fsp3) is 0.600. The lowest BCUT2D eigenvalue weighted by molar-refractivity contribution is 0.443. The Kier molecular flexibility index (Phi) is 4.00. The van der Waals surface area contributed by atoms with Crippen LogP contribution in [0.3, 0.4) is 0 Å². The monoisotopic (exact) mass is 217 g/mol. The Hall–Kier alpha value is -0.820. The fourth-order valence-electron chi connectivity index (χ4n) is 2.66. The molecule has 2 rings (SSSR count). The van der Waals surface area contributed by atoms with Crippen LogP contribution in [0.15, 0.2) is 24.3 Å². The third-order valence-corrected chi connectivity index (χ3v) is 3.95. The smallest absolute Gasteiger partial charge is 0.0289 e. The molecule has 1 aromatic rings. The Balaban J connectivity index is 2.06. The quantitative estimate of drug-likeness (QED) is 0.806. The van der Waals surface area contributed by atoms with Crippen molar-refractivity contribution in [3.63, 3.8) is 0 Å². The molecule has 0 radical (unpaired) electrons. The van der Waals surface area contributed by atoms with Gasteiger partial charge in [0.05, 0.1) is 0 Å². The molecular weight excluding hydrogens is 194 g/mol. The van der Waals surface area contributed by atoms with Crippen LogP contribution in [-0.2, 0) is 0 Å². The van der Waals surface area contributed by atoms with Crippen LogP contribution in [0.2, 0.25) is 0 Å². The third kappa shape index (κ3) is 2.65. The van der Waals surface area contributed by atoms with Gasteiger partial charge in [-0.25, -0.2) is 0 Å². The fourth-order valence-corrected chi connectivity index (χ4v) is 2.66. The second-order valence-electron chi connectivity index (χ2n) is 5.01. The SMILES string of the molecule is CNC(C)c1ccc(C2CCCCC2)cc1. The van der Waals surface area contributed by atoms with Crippen LogP contribution in [0.1, 0.15) is 62.1 Å². The predicted molar refractivity (Wildman–Crippen MR) is 69.7 cm³/mol. The van der Waals surface area contributed by atoms with Crippen molar-refractivity contribution in [2.24, 2.45) is 0 Å². The van der Waals surface area contributed by atoms with Gasteiger partial charge in [0.15, 0.2) is 0 Å². The molecule has 0 spiro atoms. The summed E-state index contributed by atoms with van der Waals surface area (Å²) < 4.78 is 0. The van der Waals surface area contributed by atoms with E-state index in [1.807, 2.05) is 7.05 Å². The Labute approximate surface area is 99.3 Å². The Morgan fingerprint density at radius 1 is 1.06 bits per heavy atom. The van der Waals surface area contributed by atoms with Crippen LogP contribution >= 0.6 is 0 Å². The van der Waals surface area contributed by atoms with Gasteiger partial charge in [0.1, 0.15) is 0 Å². The topological polar surface area (TPSA) is 12.0 Å². The predicted octanol–water partition coefficient (Wildman–Crippen LogP) is 4.01. The first kappa shape index (κ1) is 11.7. The van der Waals surface area contributed by atoms with E-state index in [9.17, 15) is 0 Å². The average Bonchev–Trinajstić information content (AvgIpc) is 2.39. The average molecular weight is 217 g/mol. The Bertz CT molecular complexity index is 309. The highest BCUT2D eigenvalue weighted by Gasteiger charge is 2.15. The summed E-state index contributed by atoms with van der Waals surface area (Å²) in [5, 5.41) is 3.28. The van der Waals surface area contributed by atoms with E-state index in [0.717, 1.165) is 5.92 Å². The molecule has 1 unspecified atom stereocenters. The lowest BCUT2D eigenvalue weighted by atomic mass is 9.84. The van der Waals surface area contributed by atoms with Gasteiger partial charge in [-0.2, -0.15) is 0 Å². The van der Waals surface area contributed by atoms with Crippen molar-refractivity contribution >= 4 is 0 Å². The van der Waals surface area contributed by atoms with E-state index in [4.69, 9.17) is 0 Å². The number of hydrogen-bond donors (Lipinski definition) is 1. The Morgan fingerprint density at radius 2 is 1.69 bits per heavy atom. The standard InChI is InChI=1S/C15H23N/c1-12(16-2)13-8-10-15(11-9-13)14-6-4-3-5-7-14/h8-12,14,16H,3-7H2,1-2H3. The molecule has 0 bridgehead atoms. The zero-order valence-corrected chi connectivity index (χ0v) is 10.5. The van der Waals surface area contributed by atoms with Crippen LogP contribution in [0, 0.1) is 0 Å². The van der Waals surface area contributed by atoms with Gasteiger partial charge in [0.25, 0.3) is 0 Å². The maximum absolute atomic E-state index is 3.28. The van der Waals surface area contributed by atoms with Crippen LogP contribution in [0.25, 0.3) is 0 Å². The number of rotatable bonds is 3. The summed E-state index contributed by atoms with van der Waals surface area (Å²) in [5.74, 6) is 0.827. The molecule has 1 N–H and O–H groups in total. The van der Waals surface area contributed by atoms with E-state index in [1.165, 1.54) is 37.7 Å². The third-order valence-electron chi connectivity index (χ3n) is 3.95. The summed E-state index contributed by atoms with van der Waals surface area (Å²) >= 11 is 0. The van der Waals surface area contributed by atoms with Crippen molar-refractivity contribution < 1.29 is 0 Å². The number of benzene rings is 1. The summed E-state index contributed by atoms with van der Waals surface area (Å²) in [4.78, 5) is 0. The van der Waals surface area contributed by atoms with Gasteiger partial charge in [0.2, 0.25) is 0 Å². The molecule has 1 aliphatic rings. The molecule has 1 aromatic carbocycles. The first-order valence-electron chi connectivity index (χ1n) is 6.58. The van der Waals surface area contributed by atoms with Gasteiger partial charge in [-0.05, 0) is 43.9 Å². The van der Waals surface area contributed by atoms with Gasteiger partial charge in [0, 0.05) is 6.04 Å². The number of hydrogen-bond acceptors (Lipinski definition) is 1. The van der Waals surface area contributed by atoms with E-state index >= 15 is 0 Å². The van der Waals surface area contributed by atoms with Crippen molar-refractivity contribution in [1.29, 1.82) is 0 Å². The van der Waals surface area contributed by atoms with Crippen molar-refractivity contribution in [2.45, 2.75) is 51.0 Å². The van der Waals surface area contributed by atoms with Gasteiger partial charge in [-0.3, -0.25) is 0 Å². The van der Waals surface area contributed by atoms with E-state index in [0.29, 0.717) is 6.04 Å². The summed E-state index contributed by atoms with van der Waals surface area (Å²) in [6.45, 7) is 2.20. The molecule has 1 heteroatoms. The van der Waals surface area contributed by atoms with Crippen LogP contribution in [0.5, 0.6) is 0 Å². The van der Waals surface area contributed by atoms with Crippen molar-refractivity contribution in [3.05, 3.63) is 35.4 Å². The highest BCUT2D eigenvalue weighted by molar-refractivity contribution is 5.27. The second-order valence-corrected chi connectivity index (χ2v) is 5.01. The molecule has 0 saturated heterocycles. The minimum absolute atomic E-state index is 0.459. The van der Waals surface area contributed by atoms with Crippen molar-refractivity contribution in [1.82, 2.24) is 5.32 Å². The summed E-state index contributed by atoms with van der Waals surface area (Å²) in [6.07, 6.45) is 7.05. The molecule has 0 aromatic heterocycles. The molecule has 1 atom stereocenters. The molecule has 0 aliphatic heterocycles. The molecular formula is C15H23N. The highest BCUT2D eigenvalue weighted by Crippen LogP contribution is 2.32. The maximum Gasteiger partial charge on any atom is 0.0289 e. The zero-order valence-electron chi connectivity index (χ0n) is 10.5. The van der Waals surface area contributed by atoms with E-state index in [2.05, 4.69) is 36.5 Å². The highest BCUT2D eigenvalue weighted by atomic mass is 14.8. The van der Waals surface area contributed by atoms with Gasteiger partial charge >= 0.3 is 0 Å². The molecule has 0 heterocycles. The second kappa shape index (κ2) is 5.49. The molecule has 1 nitrogen and oxygen atoms in total. The zero-order chi connectivity index (χ0) is 11.4. The van der Waals surface area contributed by atoms with Crippen LogP contribution in [0.4, 0.5) is 0 Å². The van der Waals surface area contributed by atoms with Gasteiger partial charge in [-0.1, -0.05) is 43.5 Å².